The maximum Gasteiger partial charge on any atom is 0.271 e. The number of benzene rings is 2. The van der Waals surface area contributed by atoms with Gasteiger partial charge in [0.25, 0.3) is 5.91 Å². The topological polar surface area (TPSA) is 54.5 Å². The summed E-state index contributed by atoms with van der Waals surface area (Å²) in [6.07, 6.45) is 0. The fraction of sp³-hybridized carbons (Fsp3) is 0.304. The van der Waals surface area contributed by atoms with Gasteiger partial charge in [-0.25, -0.2) is 4.98 Å². The number of aromatic nitrogens is 1. The molecule has 0 saturated carbocycles. The second kappa shape index (κ2) is 9.31. The molecule has 1 aliphatic heterocycles. The molecule has 1 atom stereocenters. The maximum atomic E-state index is 13.0. The summed E-state index contributed by atoms with van der Waals surface area (Å²) in [4.78, 5) is 19.9. The zero-order chi connectivity index (χ0) is 20.1. The van der Waals surface area contributed by atoms with Gasteiger partial charge < -0.3 is 10.1 Å². The van der Waals surface area contributed by atoms with E-state index >= 15 is 0 Å². The highest BCUT2D eigenvalue weighted by Gasteiger charge is 2.22. The van der Waals surface area contributed by atoms with Gasteiger partial charge in [-0.3, -0.25) is 9.69 Å². The van der Waals surface area contributed by atoms with Crippen molar-refractivity contribution in [3.8, 4) is 10.6 Å². The molecule has 4 rings (SSSR count). The third-order valence-corrected chi connectivity index (χ3v) is 5.98. The van der Waals surface area contributed by atoms with E-state index in [0.717, 1.165) is 49.0 Å². The summed E-state index contributed by atoms with van der Waals surface area (Å²) in [5.41, 5.74) is 3.81. The molecule has 1 fully saturated rings. The summed E-state index contributed by atoms with van der Waals surface area (Å²) in [7, 11) is 0. The molecule has 2 aromatic carbocycles. The molecule has 1 N–H and O–H groups in total. The number of morpholine rings is 1. The van der Waals surface area contributed by atoms with Gasteiger partial charge in [0.15, 0.2) is 0 Å². The number of aryl methyl sites for hydroxylation is 1. The number of nitrogens with zero attached hydrogens (tertiary/aromatic N) is 2. The normalized spacial score (nSPS) is 15.8. The largest absolute Gasteiger partial charge is 0.379 e. The lowest BCUT2D eigenvalue weighted by molar-refractivity contribution is 0.0332. The molecule has 0 aliphatic carbocycles. The second-order valence-electron chi connectivity index (χ2n) is 7.25. The number of hydrogen-bond donors (Lipinski definition) is 1. The van der Waals surface area contributed by atoms with Gasteiger partial charge in [0, 0.05) is 30.6 Å². The van der Waals surface area contributed by atoms with Crippen molar-refractivity contribution in [2.45, 2.75) is 13.0 Å². The monoisotopic (exact) mass is 407 g/mol. The van der Waals surface area contributed by atoms with E-state index in [1.165, 1.54) is 16.9 Å². The summed E-state index contributed by atoms with van der Waals surface area (Å²) in [5, 5.41) is 5.89. The molecule has 2 heterocycles. The predicted molar refractivity (Wildman–Crippen MR) is 116 cm³/mol. The Bertz CT molecular complexity index is 934. The molecule has 5 nitrogen and oxygen atoms in total. The average Bonchev–Trinajstić information content (AvgIpc) is 3.26. The first kappa shape index (κ1) is 19.8. The lowest BCUT2D eigenvalue weighted by Crippen LogP contribution is -2.43. The minimum Gasteiger partial charge on any atom is -0.379 e. The van der Waals surface area contributed by atoms with Gasteiger partial charge in [-0.15, -0.1) is 11.3 Å². The van der Waals surface area contributed by atoms with E-state index in [4.69, 9.17) is 4.74 Å². The van der Waals surface area contributed by atoms with Crippen LogP contribution in [0.2, 0.25) is 0 Å². The van der Waals surface area contributed by atoms with Crippen molar-refractivity contribution in [1.82, 2.24) is 15.2 Å². The molecule has 1 saturated heterocycles. The number of nitrogens with one attached hydrogen (secondary N) is 1. The number of amides is 1. The smallest absolute Gasteiger partial charge is 0.271 e. The van der Waals surface area contributed by atoms with Crippen LogP contribution in [0.1, 0.15) is 27.7 Å². The first-order chi connectivity index (χ1) is 14.2. The first-order valence-corrected chi connectivity index (χ1v) is 10.8. The van der Waals surface area contributed by atoms with Gasteiger partial charge in [0.05, 0.1) is 19.3 Å². The molecule has 0 bridgehead atoms. The Kier molecular flexibility index (Phi) is 6.34. The highest BCUT2D eigenvalue weighted by Crippen LogP contribution is 2.24. The fourth-order valence-electron chi connectivity index (χ4n) is 3.40. The van der Waals surface area contributed by atoms with E-state index in [-0.39, 0.29) is 11.9 Å². The van der Waals surface area contributed by atoms with Crippen molar-refractivity contribution >= 4 is 17.2 Å². The van der Waals surface area contributed by atoms with Crippen molar-refractivity contribution < 1.29 is 9.53 Å². The van der Waals surface area contributed by atoms with E-state index < -0.39 is 0 Å². The van der Waals surface area contributed by atoms with Gasteiger partial charge in [-0.05, 0) is 12.5 Å². The molecule has 6 heteroatoms. The summed E-state index contributed by atoms with van der Waals surface area (Å²) < 4.78 is 5.45. The molecular weight excluding hydrogens is 382 g/mol. The summed E-state index contributed by atoms with van der Waals surface area (Å²) >= 11 is 1.50. The second-order valence-corrected chi connectivity index (χ2v) is 8.11. The molecule has 3 aromatic rings. The Hall–Kier alpha value is -2.54. The number of thiazole rings is 1. The van der Waals surface area contributed by atoms with Crippen LogP contribution in [-0.4, -0.2) is 48.6 Å². The van der Waals surface area contributed by atoms with E-state index in [1.807, 2.05) is 35.7 Å². The van der Waals surface area contributed by atoms with Gasteiger partial charge in [0.2, 0.25) is 0 Å². The standard InChI is InChI=1S/C23H25N3O2S/c1-17-7-9-19(10-8-17)23-25-21(16-29-23)22(27)24-20(18-5-3-2-4-6-18)15-26-11-13-28-14-12-26/h2-10,16,20H,11-15H2,1H3,(H,24,27). The average molecular weight is 408 g/mol. The minimum absolute atomic E-state index is 0.0914. The van der Waals surface area contributed by atoms with E-state index in [0.29, 0.717) is 5.69 Å². The maximum absolute atomic E-state index is 13.0. The highest BCUT2D eigenvalue weighted by molar-refractivity contribution is 7.13. The number of carbonyl (C=O) groups excluding carboxylic acids is 1. The number of ether oxygens (including phenoxy) is 1. The first-order valence-electron chi connectivity index (χ1n) is 9.87. The zero-order valence-electron chi connectivity index (χ0n) is 16.5. The van der Waals surface area contributed by atoms with E-state index in [1.54, 1.807) is 0 Å². The number of rotatable bonds is 6. The molecule has 1 amide bonds. The quantitative estimate of drug-likeness (QED) is 0.673. The van der Waals surface area contributed by atoms with Crippen LogP contribution in [0.25, 0.3) is 10.6 Å². The summed E-state index contributed by atoms with van der Waals surface area (Å²) in [5.74, 6) is -0.137. The molecule has 0 spiro atoms. The van der Waals surface area contributed by atoms with Crippen LogP contribution >= 0.6 is 11.3 Å². The third kappa shape index (κ3) is 5.09. The van der Waals surface area contributed by atoms with Crippen molar-refractivity contribution in [1.29, 1.82) is 0 Å². The van der Waals surface area contributed by atoms with Crippen LogP contribution in [0.15, 0.2) is 60.0 Å². The van der Waals surface area contributed by atoms with Crippen LogP contribution < -0.4 is 5.32 Å². The van der Waals surface area contributed by atoms with Gasteiger partial charge >= 0.3 is 0 Å². The van der Waals surface area contributed by atoms with Crippen LogP contribution in [0.3, 0.4) is 0 Å². The Labute approximate surface area is 175 Å². The van der Waals surface area contributed by atoms with Crippen molar-refractivity contribution in [2.75, 3.05) is 32.8 Å². The van der Waals surface area contributed by atoms with Gasteiger partial charge in [0.1, 0.15) is 10.7 Å². The van der Waals surface area contributed by atoms with E-state index in [9.17, 15) is 4.79 Å². The third-order valence-electron chi connectivity index (χ3n) is 5.09. The summed E-state index contributed by atoms with van der Waals surface area (Å²) in [6, 6.07) is 18.2. The van der Waals surface area contributed by atoms with Crippen LogP contribution in [-0.2, 0) is 4.74 Å². The molecule has 1 aliphatic rings. The lowest BCUT2D eigenvalue weighted by atomic mass is 10.1. The minimum atomic E-state index is -0.137. The van der Waals surface area contributed by atoms with Crippen molar-refractivity contribution in [3.05, 3.63) is 76.8 Å². The van der Waals surface area contributed by atoms with E-state index in [2.05, 4.69) is 46.4 Å². The lowest BCUT2D eigenvalue weighted by Gasteiger charge is -2.31. The zero-order valence-corrected chi connectivity index (χ0v) is 17.3. The van der Waals surface area contributed by atoms with Crippen LogP contribution in [0.4, 0.5) is 0 Å². The Morgan fingerprint density at radius 2 is 1.86 bits per heavy atom. The molecule has 150 valence electrons. The predicted octanol–water partition coefficient (Wildman–Crippen LogP) is 3.92. The Morgan fingerprint density at radius 1 is 1.14 bits per heavy atom. The Morgan fingerprint density at radius 3 is 2.59 bits per heavy atom. The van der Waals surface area contributed by atoms with Gasteiger partial charge in [-0.2, -0.15) is 0 Å². The molecule has 29 heavy (non-hydrogen) atoms. The highest BCUT2D eigenvalue weighted by atomic mass is 32.1. The van der Waals surface area contributed by atoms with Gasteiger partial charge in [-0.1, -0.05) is 60.2 Å². The van der Waals surface area contributed by atoms with Crippen molar-refractivity contribution in [2.24, 2.45) is 0 Å². The molecule has 0 radical (unpaired) electrons. The van der Waals surface area contributed by atoms with Crippen LogP contribution in [0.5, 0.6) is 0 Å². The number of carbonyl (C=O) groups is 1. The molecular formula is C23H25N3O2S. The Balaban J connectivity index is 1.49. The SMILES string of the molecule is Cc1ccc(-c2nc(C(=O)NC(CN3CCOCC3)c3ccccc3)cs2)cc1. The number of hydrogen-bond acceptors (Lipinski definition) is 5. The molecule has 1 unspecified atom stereocenters. The summed E-state index contributed by atoms with van der Waals surface area (Å²) in [6.45, 7) is 6.06. The molecule has 1 aromatic heterocycles. The van der Waals surface area contributed by atoms with Crippen molar-refractivity contribution in [3.63, 3.8) is 0 Å². The fourth-order valence-corrected chi connectivity index (χ4v) is 4.21. The van der Waals surface area contributed by atoms with Crippen LogP contribution in [0, 0.1) is 6.92 Å².